The first-order valence-corrected chi connectivity index (χ1v) is 5.90. The van der Waals surface area contributed by atoms with Crippen molar-refractivity contribution in [2.45, 2.75) is 18.9 Å². The average molecular weight is 249 g/mol. The van der Waals surface area contributed by atoms with E-state index >= 15 is 0 Å². The van der Waals surface area contributed by atoms with Crippen LogP contribution in [0.4, 0.5) is 0 Å². The minimum Gasteiger partial charge on any atom is -0.368 e. The van der Waals surface area contributed by atoms with Crippen LogP contribution in [0.5, 0.6) is 0 Å². The summed E-state index contributed by atoms with van der Waals surface area (Å²) in [6.45, 7) is 0.572. The van der Waals surface area contributed by atoms with E-state index in [0.29, 0.717) is 19.4 Å². The van der Waals surface area contributed by atoms with Gasteiger partial charge in [0.1, 0.15) is 6.04 Å². The van der Waals surface area contributed by atoms with Crippen LogP contribution in [0, 0.1) is 0 Å². The van der Waals surface area contributed by atoms with Crippen molar-refractivity contribution >= 4 is 11.8 Å². The molecule has 2 amide bonds. The van der Waals surface area contributed by atoms with Gasteiger partial charge in [0.2, 0.25) is 11.8 Å². The number of carbonyl (C=O) groups is 2. The van der Waals surface area contributed by atoms with E-state index in [-0.39, 0.29) is 5.91 Å². The van der Waals surface area contributed by atoms with Crippen LogP contribution in [0.3, 0.4) is 0 Å². The Morgan fingerprint density at radius 3 is 2.50 bits per heavy atom. The van der Waals surface area contributed by atoms with Gasteiger partial charge in [-0.25, -0.2) is 0 Å². The second-order valence-electron chi connectivity index (χ2n) is 4.07. The second kappa shape index (κ2) is 7.45. The van der Waals surface area contributed by atoms with Crippen LogP contribution in [0.25, 0.3) is 0 Å². The van der Waals surface area contributed by atoms with Crippen molar-refractivity contribution < 1.29 is 9.59 Å². The Hall–Kier alpha value is -1.88. The Morgan fingerprint density at radius 2 is 1.94 bits per heavy atom. The van der Waals surface area contributed by atoms with Gasteiger partial charge in [0.25, 0.3) is 0 Å². The SMILES string of the molecule is CNCCC(=O)N[C@@H](Cc1ccccc1)C(N)=O. The summed E-state index contributed by atoms with van der Waals surface area (Å²) in [5.41, 5.74) is 6.26. The molecule has 0 radical (unpaired) electrons. The van der Waals surface area contributed by atoms with Crippen LogP contribution < -0.4 is 16.4 Å². The number of hydrogen-bond acceptors (Lipinski definition) is 3. The van der Waals surface area contributed by atoms with Crippen LogP contribution >= 0.6 is 0 Å². The molecule has 98 valence electrons. The number of amides is 2. The van der Waals surface area contributed by atoms with Gasteiger partial charge in [-0.05, 0) is 12.6 Å². The third-order valence-corrected chi connectivity index (χ3v) is 2.56. The predicted molar refractivity (Wildman–Crippen MR) is 69.8 cm³/mol. The Bertz CT molecular complexity index is 392. The summed E-state index contributed by atoms with van der Waals surface area (Å²) >= 11 is 0. The molecular formula is C13H19N3O2. The molecule has 5 heteroatoms. The van der Waals surface area contributed by atoms with Crippen molar-refractivity contribution in [1.82, 2.24) is 10.6 Å². The highest BCUT2D eigenvalue weighted by Gasteiger charge is 2.17. The van der Waals surface area contributed by atoms with Crippen molar-refractivity contribution in [3.8, 4) is 0 Å². The van der Waals surface area contributed by atoms with Crippen LogP contribution in [-0.4, -0.2) is 31.4 Å². The molecule has 0 saturated carbocycles. The second-order valence-corrected chi connectivity index (χ2v) is 4.07. The number of primary amides is 1. The summed E-state index contributed by atoms with van der Waals surface area (Å²) in [7, 11) is 1.77. The number of nitrogens with one attached hydrogen (secondary N) is 2. The van der Waals surface area contributed by atoms with Gasteiger partial charge in [-0.3, -0.25) is 9.59 Å². The molecule has 1 rings (SSSR count). The maximum atomic E-state index is 11.5. The van der Waals surface area contributed by atoms with Crippen molar-refractivity contribution in [2.24, 2.45) is 5.73 Å². The van der Waals surface area contributed by atoms with Crippen LogP contribution in [0.1, 0.15) is 12.0 Å². The number of nitrogens with two attached hydrogens (primary N) is 1. The van der Waals surface area contributed by atoms with Gasteiger partial charge in [-0.15, -0.1) is 0 Å². The predicted octanol–water partition coefficient (Wildman–Crippen LogP) is -0.191. The normalized spacial score (nSPS) is 11.8. The molecule has 0 aliphatic carbocycles. The zero-order valence-electron chi connectivity index (χ0n) is 10.5. The van der Waals surface area contributed by atoms with Gasteiger partial charge in [-0.1, -0.05) is 30.3 Å². The maximum Gasteiger partial charge on any atom is 0.240 e. The van der Waals surface area contributed by atoms with Gasteiger partial charge < -0.3 is 16.4 Å². The fraction of sp³-hybridized carbons (Fsp3) is 0.385. The molecule has 1 aromatic rings. The highest BCUT2D eigenvalue weighted by molar-refractivity contribution is 5.86. The first-order valence-electron chi connectivity index (χ1n) is 5.90. The molecule has 1 aromatic carbocycles. The minimum absolute atomic E-state index is 0.177. The van der Waals surface area contributed by atoms with E-state index < -0.39 is 11.9 Å². The van der Waals surface area contributed by atoms with E-state index in [1.165, 1.54) is 0 Å². The molecule has 0 unspecified atom stereocenters. The number of rotatable bonds is 7. The van der Waals surface area contributed by atoms with E-state index in [4.69, 9.17) is 5.73 Å². The molecule has 4 N–H and O–H groups in total. The Kier molecular flexibility index (Phi) is 5.87. The molecular weight excluding hydrogens is 230 g/mol. The molecule has 0 aromatic heterocycles. The van der Waals surface area contributed by atoms with Crippen LogP contribution in [0.15, 0.2) is 30.3 Å². The van der Waals surface area contributed by atoms with Crippen LogP contribution in [0.2, 0.25) is 0 Å². The third-order valence-electron chi connectivity index (χ3n) is 2.56. The monoisotopic (exact) mass is 249 g/mol. The molecule has 1 atom stereocenters. The molecule has 0 aliphatic heterocycles. The lowest BCUT2D eigenvalue weighted by molar-refractivity contribution is -0.127. The van der Waals surface area contributed by atoms with E-state index in [0.717, 1.165) is 5.56 Å². The fourth-order valence-electron chi connectivity index (χ4n) is 1.58. The summed E-state index contributed by atoms with van der Waals surface area (Å²) in [6, 6.07) is 8.81. The molecule has 0 spiro atoms. The first kappa shape index (κ1) is 14.2. The van der Waals surface area contributed by atoms with Gasteiger partial charge in [0.05, 0.1) is 0 Å². The van der Waals surface area contributed by atoms with Crippen molar-refractivity contribution in [3.63, 3.8) is 0 Å². The Morgan fingerprint density at radius 1 is 1.28 bits per heavy atom. The van der Waals surface area contributed by atoms with Crippen LogP contribution in [-0.2, 0) is 16.0 Å². The smallest absolute Gasteiger partial charge is 0.240 e. The molecule has 0 saturated heterocycles. The zero-order valence-corrected chi connectivity index (χ0v) is 10.5. The molecule has 0 fully saturated rings. The Balaban J connectivity index is 2.55. The molecule has 18 heavy (non-hydrogen) atoms. The summed E-state index contributed by atoms with van der Waals surface area (Å²) in [6.07, 6.45) is 0.747. The van der Waals surface area contributed by atoms with Gasteiger partial charge in [-0.2, -0.15) is 0 Å². The summed E-state index contributed by atoms with van der Waals surface area (Å²) < 4.78 is 0. The highest BCUT2D eigenvalue weighted by Crippen LogP contribution is 2.03. The number of carbonyl (C=O) groups excluding carboxylic acids is 2. The lowest BCUT2D eigenvalue weighted by Crippen LogP contribution is -2.46. The molecule has 0 aliphatic rings. The Labute approximate surface area is 107 Å². The maximum absolute atomic E-state index is 11.5. The zero-order chi connectivity index (χ0) is 13.4. The largest absolute Gasteiger partial charge is 0.368 e. The van der Waals surface area contributed by atoms with Crippen molar-refractivity contribution in [1.29, 1.82) is 0 Å². The van der Waals surface area contributed by atoms with E-state index in [1.54, 1.807) is 7.05 Å². The lowest BCUT2D eigenvalue weighted by Gasteiger charge is -2.15. The minimum atomic E-state index is -0.656. The summed E-state index contributed by atoms with van der Waals surface area (Å²) in [4.78, 5) is 22.9. The third kappa shape index (κ3) is 4.97. The van der Waals surface area contributed by atoms with Gasteiger partial charge >= 0.3 is 0 Å². The van der Waals surface area contributed by atoms with Gasteiger partial charge in [0, 0.05) is 19.4 Å². The number of benzene rings is 1. The van der Waals surface area contributed by atoms with E-state index in [9.17, 15) is 9.59 Å². The van der Waals surface area contributed by atoms with E-state index in [1.807, 2.05) is 30.3 Å². The highest BCUT2D eigenvalue weighted by atomic mass is 16.2. The molecule has 5 nitrogen and oxygen atoms in total. The quantitative estimate of drug-likeness (QED) is 0.626. The first-order chi connectivity index (χ1) is 8.63. The van der Waals surface area contributed by atoms with Crippen molar-refractivity contribution in [3.05, 3.63) is 35.9 Å². The van der Waals surface area contributed by atoms with Crippen molar-refractivity contribution in [2.75, 3.05) is 13.6 Å². The summed E-state index contributed by atoms with van der Waals surface area (Å²) in [5.74, 6) is -0.694. The average Bonchev–Trinajstić information content (AvgIpc) is 2.36. The topological polar surface area (TPSA) is 84.2 Å². The summed E-state index contributed by atoms with van der Waals surface area (Å²) in [5, 5.41) is 5.52. The molecule has 0 bridgehead atoms. The lowest BCUT2D eigenvalue weighted by atomic mass is 10.1. The van der Waals surface area contributed by atoms with Gasteiger partial charge in [0.15, 0.2) is 0 Å². The molecule has 0 heterocycles. The van der Waals surface area contributed by atoms with E-state index in [2.05, 4.69) is 10.6 Å². The fourth-order valence-corrected chi connectivity index (χ4v) is 1.58. The standard InChI is InChI=1S/C13H19N3O2/c1-15-8-7-12(17)16-11(13(14)18)9-10-5-3-2-4-6-10/h2-6,11,15H,7-9H2,1H3,(H2,14,18)(H,16,17)/t11-/m0/s1. The number of hydrogen-bond donors (Lipinski definition) is 3.